The Morgan fingerprint density at radius 2 is 1.87 bits per heavy atom. The summed E-state index contributed by atoms with van der Waals surface area (Å²) in [6.07, 6.45) is 0.147. The predicted molar refractivity (Wildman–Crippen MR) is 85.1 cm³/mol. The van der Waals surface area contributed by atoms with Crippen molar-refractivity contribution >= 4 is 16.1 Å². The number of methoxy groups -OCH3 is 2. The number of benzene rings is 1. The Kier molecular flexibility index (Phi) is 5.48. The number of carbonyl (C=O) groups excluding carboxylic acids is 1. The van der Waals surface area contributed by atoms with Crippen molar-refractivity contribution in [2.24, 2.45) is 0 Å². The predicted octanol–water partition coefficient (Wildman–Crippen LogP) is 1.47. The lowest BCUT2D eigenvalue weighted by atomic mass is 10.2. The van der Waals surface area contributed by atoms with Gasteiger partial charge in [0.05, 0.1) is 19.1 Å². The Balaban J connectivity index is 2.21. The fraction of sp³-hybridized carbons (Fsp3) is 0.533. The number of rotatable bonds is 3. The molecule has 1 heterocycles. The van der Waals surface area contributed by atoms with Gasteiger partial charge in [-0.15, -0.1) is 0 Å². The van der Waals surface area contributed by atoms with Gasteiger partial charge in [-0.1, -0.05) is 0 Å². The lowest BCUT2D eigenvalue weighted by molar-refractivity contribution is 0.126. The molecule has 0 aromatic heterocycles. The average molecular weight is 342 g/mol. The minimum absolute atomic E-state index is 0.253. The fourth-order valence-corrected chi connectivity index (χ4v) is 4.30. The Hall–Kier alpha value is -1.80. The number of hydrogen-bond donors (Lipinski definition) is 0. The number of carbonyl (C=O) groups is 1. The smallest absolute Gasteiger partial charge is 0.409 e. The van der Waals surface area contributed by atoms with Gasteiger partial charge >= 0.3 is 6.09 Å². The maximum Gasteiger partial charge on any atom is 0.409 e. The van der Waals surface area contributed by atoms with Crippen molar-refractivity contribution in [3.63, 3.8) is 0 Å². The molecule has 1 fully saturated rings. The summed E-state index contributed by atoms with van der Waals surface area (Å²) in [5.41, 5.74) is 0.637. The number of nitrogens with zero attached hydrogens (tertiary/aromatic N) is 2. The highest BCUT2D eigenvalue weighted by Gasteiger charge is 2.29. The molecule has 1 aromatic rings. The van der Waals surface area contributed by atoms with E-state index < -0.39 is 16.1 Å². The Labute approximate surface area is 136 Å². The fourth-order valence-electron chi connectivity index (χ4n) is 2.62. The van der Waals surface area contributed by atoms with Crippen LogP contribution in [0.1, 0.15) is 12.0 Å². The van der Waals surface area contributed by atoms with Crippen LogP contribution in [0.5, 0.6) is 5.75 Å². The lowest BCUT2D eigenvalue weighted by Crippen LogP contribution is -2.37. The Morgan fingerprint density at radius 3 is 2.48 bits per heavy atom. The molecule has 1 saturated heterocycles. The third kappa shape index (κ3) is 3.76. The zero-order chi connectivity index (χ0) is 17.0. The zero-order valence-electron chi connectivity index (χ0n) is 13.6. The van der Waals surface area contributed by atoms with Gasteiger partial charge in [-0.05, 0) is 37.1 Å². The van der Waals surface area contributed by atoms with Crippen molar-refractivity contribution in [2.45, 2.75) is 18.2 Å². The highest BCUT2D eigenvalue weighted by molar-refractivity contribution is 7.89. The maximum absolute atomic E-state index is 12.9. The van der Waals surface area contributed by atoms with E-state index in [2.05, 4.69) is 0 Å². The monoisotopic (exact) mass is 342 g/mol. The van der Waals surface area contributed by atoms with E-state index in [0.717, 1.165) is 0 Å². The first-order valence-corrected chi connectivity index (χ1v) is 8.82. The second-order valence-electron chi connectivity index (χ2n) is 5.35. The van der Waals surface area contributed by atoms with E-state index in [-0.39, 0.29) is 11.4 Å². The summed E-state index contributed by atoms with van der Waals surface area (Å²) in [4.78, 5) is 13.4. The minimum Gasteiger partial charge on any atom is -0.497 e. The van der Waals surface area contributed by atoms with E-state index in [0.29, 0.717) is 37.4 Å². The molecule has 1 aliphatic heterocycles. The van der Waals surface area contributed by atoms with Crippen molar-refractivity contribution in [3.05, 3.63) is 23.8 Å². The van der Waals surface area contributed by atoms with E-state index in [1.54, 1.807) is 32.2 Å². The van der Waals surface area contributed by atoms with Crippen LogP contribution in [0.3, 0.4) is 0 Å². The SMILES string of the molecule is COC(=O)N1CCCN(S(=O)(=O)c2ccc(OC)cc2C)CC1. The van der Waals surface area contributed by atoms with Gasteiger partial charge in [0.15, 0.2) is 0 Å². The zero-order valence-corrected chi connectivity index (χ0v) is 14.4. The maximum atomic E-state index is 12.9. The molecule has 2 rings (SSSR count). The van der Waals surface area contributed by atoms with Crippen molar-refractivity contribution < 1.29 is 22.7 Å². The number of hydrogen-bond acceptors (Lipinski definition) is 5. The number of ether oxygens (including phenoxy) is 2. The first kappa shape index (κ1) is 17.6. The molecule has 0 bridgehead atoms. The lowest BCUT2D eigenvalue weighted by Gasteiger charge is -2.22. The summed E-state index contributed by atoms with van der Waals surface area (Å²) in [6, 6.07) is 4.90. The highest BCUT2D eigenvalue weighted by atomic mass is 32.2. The molecule has 0 N–H and O–H groups in total. The molecule has 0 aliphatic carbocycles. The van der Waals surface area contributed by atoms with Crippen molar-refractivity contribution in [1.29, 1.82) is 0 Å². The van der Waals surface area contributed by atoms with E-state index in [9.17, 15) is 13.2 Å². The van der Waals surface area contributed by atoms with Crippen LogP contribution in [0.25, 0.3) is 0 Å². The molecule has 7 nitrogen and oxygen atoms in total. The summed E-state index contributed by atoms with van der Waals surface area (Å²) in [6.45, 7) is 3.18. The highest BCUT2D eigenvalue weighted by Crippen LogP contribution is 2.24. The van der Waals surface area contributed by atoms with E-state index in [1.165, 1.54) is 16.3 Å². The van der Waals surface area contributed by atoms with Crippen LogP contribution in [-0.2, 0) is 14.8 Å². The topological polar surface area (TPSA) is 76.2 Å². The molecule has 1 aliphatic rings. The minimum atomic E-state index is -3.60. The second-order valence-corrected chi connectivity index (χ2v) is 7.25. The van der Waals surface area contributed by atoms with Gasteiger partial charge in [-0.25, -0.2) is 13.2 Å². The van der Waals surface area contributed by atoms with Crippen LogP contribution in [0, 0.1) is 6.92 Å². The molecule has 128 valence electrons. The van der Waals surface area contributed by atoms with Crippen LogP contribution in [0.2, 0.25) is 0 Å². The van der Waals surface area contributed by atoms with E-state index >= 15 is 0 Å². The third-order valence-corrected chi connectivity index (χ3v) is 5.95. The first-order valence-electron chi connectivity index (χ1n) is 7.38. The van der Waals surface area contributed by atoms with E-state index in [1.807, 2.05) is 0 Å². The summed E-state index contributed by atoms with van der Waals surface area (Å²) < 4.78 is 37.0. The molecule has 0 spiro atoms. The van der Waals surface area contributed by atoms with Gasteiger partial charge in [-0.3, -0.25) is 0 Å². The third-order valence-electron chi connectivity index (χ3n) is 3.89. The molecule has 23 heavy (non-hydrogen) atoms. The van der Waals surface area contributed by atoms with Crippen LogP contribution in [0.15, 0.2) is 23.1 Å². The van der Waals surface area contributed by atoms with Gasteiger partial charge in [0.1, 0.15) is 5.75 Å². The number of sulfonamides is 1. The average Bonchev–Trinajstić information content (AvgIpc) is 2.80. The number of amides is 1. The normalized spacial score (nSPS) is 16.7. The second kappa shape index (κ2) is 7.18. The summed E-state index contributed by atoms with van der Waals surface area (Å²) in [7, 11) is -0.735. The van der Waals surface area contributed by atoms with Crippen molar-refractivity contribution in [3.8, 4) is 5.75 Å². The molecule has 0 unspecified atom stereocenters. The van der Waals surface area contributed by atoms with Gasteiger partial charge in [-0.2, -0.15) is 4.31 Å². The molecule has 0 atom stereocenters. The molecular weight excluding hydrogens is 320 g/mol. The first-order chi connectivity index (χ1) is 10.9. The summed E-state index contributed by atoms with van der Waals surface area (Å²) >= 11 is 0. The molecule has 1 amide bonds. The van der Waals surface area contributed by atoms with E-state index in [4.69, 9.17) is 9.47 Å². The van der Waals surface area contributed by atoms with Crippen LogP contribution in [0.4, 0.5) is 4.79 Å². The van der Waals surface area contributed by atoms with Crippen LogP contribution < -0.4 is 4.74 Å². The van der Waals surface area contributed by atoms with Gasteiger partial charge in [0.25, 0.3) is 0 Å². The molecule has 0 saturated carbocycles. The molecule has 0 radical (unpaired) electrons. The van der Waals surface area contributed by atoms with Gasteiger partial charge in [0, 0.05) is 26.2 Å². The van der Waals surface area contributed by atoms with Crippen molar-refractivity contribution in [2.75, 3.05) is 40.4 Å². The molecule has 8 heteroatoms. The Bertz CT molecular complexity index is 674. The van der Waals surface area contributed by atoms with Gasteiger partial charge < -0.3 is 14.4 Å². The molecule has 1 aromatic carbocycles. The summed E-state index contributed by atoms with van der Waals surface area (Å²) in [5.74, 6) is 0.620. The largest absolute Gasteiger partial charge is 0.497 e. The number of aryl methyl sites for hydroxylation is 1. The van der Waals surface area contributed by atoms with Crippen molar-refractivity contribution in [1.82, 2.24) is 9.21 Å². The van der Waals surface area contributed by atoms with Crippen LogP contribution >= 0.6 is 0 Å². The van der Waals surface area contributed by atoms with Gasteiger partial charge in [0.2, 0.25) is 10.0 Å². The summed E-state index contributed by atoms with van der Waals surface area (Å²) in [5, 5.41) is 0. The standard InChI is InChI=1S/C15H22N2O5S/c1-12-11-13(21-2)5-6-14(12)23(19,20)17-8-4-7-16(9-10-17)15(18)22-3/h5-6,11H,4,7-10H2,1-3H3. The quantitative estimate of drug-likeness (QED) is 0.831. The van der Waals surface area contributed by atoms with Crippen LogP contribution in [-0.4, -0.2) is 64.1 Å². The Morgan fingerprint density at radius 1 is 1.13 bits per heavy atom. The molecular formula is C15H22N2O5S.